The highest BCUT2D eigenvalue weighted by atomic mass is 19.1. The molecule has 0 radical (unpaired) electrons. The van der Waals surface area contributed by atoms with E-state index in [1.807, 2.05) is 12.1 Å². The quantitative estimate of drug-likeness (QED) is 0.547. The minimum Gasteiger partial charge on any atom is -0.489 e. The molecular weight excluding hydrogens is 430 g/mol. The van der Waals surface area contributed by atoms with Gasteiger partial charge in [0.15, 0.2) is 0 Å². The number of pyridine rings is 1. The summed E-state index contributed by atoms with van der Waals surface area (Å²) in [5.41, 5.74) is 2.44. The molecule has 0 unspecified atom stereocenters. The van der Waals surface area contributed by atoms with E-state index in [9.17, 15) is 13.6 Å². The zero-order valence-electron chi connectivity index (χ0n) is 18.4. The standard InChI is InChI=1S/C24H26F2N4O3/c1-30-23(14-28-24(31)32-15-16-9-17(25)11-18(26)10-16)21(13-29-30)22-8-7-20(12-27-22)33-19-5-3-2-4-6-19/h7-13,19H,2-6,14-15H2,1H3,(H,28,31). The lowest BCUT2D eigenvalue weighted by atomic mass is 9.98. The first kappa shape index (κ1) is 22.7. The van der Waals surface area contributed by atoms with Crippen LogP contribution in [-0.4, -0.2) is 27.0 Å². The first-order valence-corrected chi connectivity index (χ1v) is 11.0. The van der Waals surface area contributed by atoms with Crippen molar-refractivity contribution in [2.45, 2.75) is 51.4 Å². The first-order chi connectivity index (χ1) is 16.0. The number of hydrogen-bond acceptors (Lipinski definition) is 5. The first-order valence-electron chi connectivity index (χ1n) is 11.0. The van der Waals surface area contributed by atoms with Crippen LogP contribution in [0.3, 0.4) is 0 Å². The molecule has 7 nitrogen and oxygen atoms in total. The molecule has 1 N–H and O–H groups in total. The van der Waals surface area contributed by atoms with E-state index in [-0.39, 0.29) is 24.8 Å². The second kappa shape index (κ2) is 10.4. The van der Waals surface area contributed by atoms with Gasteiger partial charge in [0, 0.05) is 18.7 Å². The number of benzene rings is 1. The fourth-order valence-electron chi connectivity index (χ4n) is 3.92. The maximum absolute atomic E-state index is 13.3. The number of carbonyl (C=O) groups excluding carboxylic acids is 1. The van der Waals surface area contributed by atoms with Crippen LogP contribution in [0.4, 0.5) is 13.6 Å². The topological polar surface area (TPSA) is 78.3 Å². The molecule has 1 aliphatic rings. The summed E-state index contributed by atoms with van der Waals surface area (Å²) in [5.74, 6) is -0.709. The Morgan fingerprint density at radius 1 is 1.12 bits per heavy atom. The summed E-state index contributed by atoms with van der Waals surface area (Å²) in [6.07, 6.45) is 8.74. The van der Waals surface area contributed by atoms with E-state index >= 15 is 0 Å². The number of amides is 1. The van der Waals surface area contributed by atoms with Crippen molar-refractivity contribution in [3.63, 3.8) is 0 Å². The molecule has 0 atom stereocenters. The van der Waals surface area contributed by atoms with Gasteiger partial charge in [0.1, 0.15) is 24.0 Å². The van der Waals surface area contributed by atoms with E-state index in [4.69, 9.17) is 9.47 Å². The molecule has 33 heavy (non-hydrogen) atoms. The Bertz CT molecular complexity index is 1080. The number of carbonyl (C=O) groups is 1. The van der Waals surface area contributed by atoms with Gasteiger partial charge >= 0.3 is 6.09 Å². The lowest BCUT2D eigenvalue weighted by Gasteiger charge is -2.22. The molecule has 1 aliphatic carbocycles. The molecular formula is C24H26F2N4O3. The number of rotatable bonds is 7. The molecule has 174 valence electrons. The normalized spacial score (nSPS) is 14.2. The van der Waals surface area contributed by atoms with Gasteiger partial charge in [0.05, 0.1) is 36.4 Å². The number of ether oxygens (including phenoxy) is 2. The summed E-state index contributed by atoms with van der Waals surface area (Å²) in [7, 11) is 1.77. The summed E-state index contributed by atoms with van der Waals surface area (Å²) in [6.45, 7) is -0.104. The van der Waals surface area contributed by atoms with Gasteiger partial charge in [-0.1, -0.05) is 6.42 Å². The molecule has 1 amide bonds. The highest BCUT2D eigenvalue weighted by Crippen LogP contribution is 2.26. The number of alkyl carbamates (subject to hydrolysis) is 1. The average molecular weight is 456 g/mol. The zero-order chi connectivity index (χ0) is 23.2. The molecule has 0 aliphatic heterocycles. The van der Waals surface area contributed by atoms with Crippen LogP contribution in [0.1, 0.15) is 43.4 Å². The molecule has 3 aromatic rings. The second-order valence-corrected chi connectivity index (χ2v) is 8.09. The average Bonchev–Trinajstić information content (AvgIpc) is 3.17. The van der Waals surface area contributed by atoms with E-state index in [0.717, 1.165) is 48.0 Å². The van der Waals surface area contributed by atoms with Crippen molar-refractivity contribution >= 4 is 6.09 Å². The van der Waals surface area contributed by atoms with Gasteiger partial charge in [-0.05, 0) is 55.5 Å². The van der Waals surface area contributed by atoms with E-state index in [1.54, 1.807) is 24.1 Å². The summed E-state index contributed by atoms with van der Waals surface area (Å²) >= 11 is 0. The summed E-state index contributed by atoms with van der Waals surface area (Å²) < 4.78 is 39.3. The summed E-state index contributed by atoms with van der Waals surface area (Å²) in [6, 6.07) is 6.75. The number of aromatic nitrogens is 3. The van der Waals surface area contributed by atoms with E-state index in [1.165, 1.54) is 19.3 Å². The van der Waals surface area contributed by atoms with Crippen LogP contribution in [0.5, 0.6) is 5.75 Å². The Labute approximate surface area is 190 Å². The Morgan fingerprint density at radius 3 is 2.58 bits per heavy atom. The Morgan fingerprint density at radius 2 is 1.88 bits per heavy atom. The molecule has 0 bridgehead atoms. The Hall–Kier alpha value is -3.49. The van der Waals surface area contributed by atoms with E-state index < -0.39 is 17.7 Å². The second-order valence-electron chi connectivity index (χ2n) is 8.09. The minimum absolute atomic E-state index is 0.143. The molecule has 4 rings (SSSR count). The summed E-state index contributed by atoms with van der Waals surface area (Å²) in [4.78, 5) is 16.6. The number of nitrogens with zero attached hydrogens (tertiary/aromatic N) is 3. The van der Waals surface area contributed by atoms with Crippen molar-refractivity contribution in [1.82, 2.24) is 20.1 Å². The molecule has 1 fully saturated rings. The van der Waals surface area contributed by atoms with Gasteiger partial charge < -0.3 is 14.8 Å². The van der Waals surface area contributed by atoms with Crippen LogP contribution in [0, 0.1) is 11.6 Å². The van der Waals surface area contributed by atoms with Crippen LogP contribution < -0.4 is 10.1 Å². The predicted octanol–water partition coefficient (Wildman–Crippen LogP) is 4.90. The third-order valence-electron chi connectivity index (χ3n) is 5.62. The Kier molecular flexibility index (Phi) is 7.16. The third-order valence-corrected chi connectivity index (χ3v) is 5.62. The van der Waals surface area contributed by atoms with Crippen LogP contribution >= 0.6 is 0 Å². The zero-order valence-corrected chi connectivity index (χ0v) is 18.4. The van der Waals surface area contributed by atoms with Gasteiger partial charge in [0.25, 0.3) is 0 Å². The lowest BCUT2D eigenvalue weighted by Crippen LogP contribution is -2.25. The molecule has 2 aromatic heterocycles. The molecule has 0 spiro atoms. The molecule has 2 heterocycles. The van der Waals surface area contributed by atoms with Crippen LogP contribution in [0.2, 0.25) is 0 Å². The smallest absolute Gasteiger partial charge is 0.407 e. The van der Waals surface area contributed by atoms with Gasteiger partial charge in [-0.15, -0.1) is 0 Å². The van der Waals surface area contributed by atoms with Crippen molar-refractivity contribution in [1.29, 1.82) is 0 Å². The monoisotopic (exact) mass is 456 g/mol. The van der Waals surface area contributed by atoms with Crippen LogP contribution in [0.15, 0.2) is 42.7 Å². The number of aryl methyl sites for hydroxylation is 1. The van der Waals surface area contributed by atoms with Gasteiger partial charge in [0.2, 0.25) is 0 Å². The van der Waals surface area contributed by atoms with Crippen molar-refractivity contribution < 1.29 is 23.0 Å². The van der Waals surface area contributed by atoms with Gasteiger partial charge in [-0.2, -0.15) is 5.10 Å². The molecule has 9 heteroatoms. The predicted molar refractivity (Wildman–Crippen MR) is 117 cm³/mol. The molecule has 0 saturated heterocycles. The summed E-state index contributed by atoms with van der Waals surface area (Å²) in [5, 5.41) is 6.91. The van der Waals surface area contributed by atoms with Crippen LogP contribution in [0.25, 0.3) is 11.3 Å². The lowest BCUT2D eigenvalue weighted by molar-refractivity contribution is 0.138. The van der Waals surface area contributed by atoms with E-state index in [0.29, 0.717) is 5.69 Å². The van der Waals surface area contributed by atoms with Gasteiger partial charge in [-0.25, -0.2) is 13.6 Å². The number of nitrogens with one attached hydrogen (secondary N) is 1. The number of halogens is 2. The third kappa shape index (κ3) is 6.06. The Balaban J connectivity index is 1.34. The molecule has 1 aromatic carbocycles. The minimum atomic E-state index is -0.726. The highest BCUT2D eigenvalue weighted by Gasteiger charge is 2.17. The highest BCUT2D eigenvalue weighted by molar-refractivity contribution is 5.68. The van der Waals surface area contributed by atoms with Crippen molar-refractivity contribution in [2.24, 2.45) is 7.05 Å². The maximum atomic E-state index is 13.3. The SMILES string of the molecule is Cn1ncc(-c2ccc(OC3CCCCC3)cn2)c1CNC(=O)OCc1cc(F)cc(F)c1. The largest absolute Gasteiger partial charge is 0.489 e. The fourth-order valence-corrected chi connectivity index (χ4v) is 3.92. The van der Waals surface area contributed by atoms with E-state index in [2.05, 4.69) is 15.4 Å². The number of hydrogen-bond donors (Lipinski definition) is 1. The van der Waals surface area contributed by atoms with Crippen molar-refractivity contribution in [3.05, 3.63) is 65.6 Å². The van der Waals surface area contributed by atoms with Crippen molar-refractivity contribution in [2.75, 3.05) is 0 Å². The van der Waals surface area contributed by atoms with Crippen molar-refractivity contribution in [3.8, 4) is 17.0 Å². The van der Waals surface area contributed by atoms with Gasteiger partial charge in [-0.3, -0.25) is 9.67 Å². The van der Waals surface area contributed by atoms with Crippen LogP contribution in [-0.2, 0) is 24.9 Å². The maximum Gasteiger partial charge on any atom is 0.407 e. The molecule has 1 saturated carbocycles. The fraction of sp³-hybridized carbons (Fsp3) is 0.375.